The summed E-state index contributed by atoms with van der Waals surface area (Å²) in [6, 6.07) is 4.33. The summed E-state index contributed by atoms with van der Waals surface area (Å²) in [5, 5.41) is 7.92. The molecule has 5 atom stereocenters. The van der Waals surface area contributed by atoms with Crippen LogP contribution in [0, 0.1) is 23.3 Å². The van der Waals surface area contributed by atoms with Gasteiger partial charge in [0.1, 0.15) is 35.7 Å². The highest BCUT2D eigenvalue weighted by Gasteiger charge is 2.52. The van der Waals surface area contributed by atoms with Crippen LogP contribution >= 0.6 is 27.7 Å². The number of halogens is 5. The summed E-state index contributed by atoms with van der Waals surface area (Å²) >= 11 is 4.11. The summed E-state index contributed by atoms with van der Waals surface area (Å²) in [4.78, 5) is 36.2. The average molecular weight is 676 g/mol. The molecule has 0 spiro atoms. The molecule has 0 amide bonds. The van der Waals surface area contributed by atoms with Crippen molar-refractivity contribution in [1.82, 2.24) is 15.0 Å². The molecule has 10 nitrogen and oxygen atoms in total. The van der Waals surface area contributed by atoms with Crippen LogP contribution in [0.3, 0.4) is 0 Å². The number of carbonyl (C=O) groups is 3. The minimum Gasteiger partial charge on any atom is -0.463 e. The van der Waals surface area contributed by atoms with Crippen LogP contribution in [0.5, 0.6) is 0 Å². The first-order chi connectivity index (χ1) is 19.8. The van der Waals surface area contributed by atoms with E-state index in [1.807, 2.05) is 0 Å². The maximum Gasteiger partial charge on any atom is 0.303 e. The van der Waals surface area contributed by atoms with Crippen LogP contribution in [-0.2, 0) is 33.3 Å². The van der Waals surface area contributed by atoms with Gasteiger partial charge in [-0.05, 0) is 30.3 Å². The molecular formula is C26H22BrF4N3O7S. The topological polar surface area (TPSA) is 119 Å². The van der Waals surface area contributed by atoms with Gasteiger partial charge in [0.25, 0.3) is 0 Å². The van der Waals surface area contributed by atoms with Gasteiger partial charge in [-0.3, -0.25) is 14.4 Å². The number of nitrogens with zero attached hydrogens (tertiary/aromatic N) is 3. The molecule has 0 unspecified atom stereocenters. The molecule has 2 heterocycles. The highest BCUT2D eigenvalue weighted by atomic mass is 79.9. The van der Waals surface area contributed by atoms with Gasteiger partial charge in [0.2, 0.25) is 0 Å². The molecule has 0 radical (unpaired) electrons. The van der Waals surface area contributed by atoms with E-state index in [9.17, 15) is 31.9 Å². The van der Waals surface area contributed by atoms with Crippen LogP contribution < -0.4 is 0 Å². The van der Waals surface area contributed by atoms with Crippen molar-refractivity contribution in [3.8, 4) is 11.3 Å². The van der Waals surface area contributed by atoms with Crippen molar-refractivity contribution in [2.24, 2.45) is 0 Å². The number of thioether (sulfide) groups is 1. The van der Waals surface area contributed by atoms with E-state index in [2.05, 4.69) is 26.2 Å². The third-order valence-corrected chi connectivity index (χ3v) is 7.58. The fraction of sp³-hybridized carbons (Fsp3) is 0.346. The monoisotopic (exact) mass is 675 g/mol. The van der Waals surface area contributed by atoms with Gasteiger partial charge in [-0.25, -0.2) is 22.2 Å². The third kappa shape index (κ3) is 7.28. The quantitative estimate of drug-likeness (QED) is 0.143. The van der Waals surface area contributed by atoms with E-state index in [-0.39, 0.29) is 16.2 Å². The van der Waals surface area contributed by atoms with E-state index in [4.69, 9.17) is 18.9 Å². The third-order valence-electron chi connectivity index (χ3n) is 5.90. The number of esters is 3. The second-order valence-corrected chi connectivity index (χ2v) is 11.1. The minimum atomic E-state index is -1.67. The Kier molecular flexibility index (Phi) is 9.89. The summed E-state index contributed by atoms with van der Waals surface area (Å²) in [6.07, 6.45) is -2.64. The lowest BCUT2D eigenvalue weighted by Crippen LogP contribution is -2.57. The van der Waals surface area contributed by atoms with Crippen LogP contribution in [0.4, 0.5) is 17.6 Å². The van der Waals surface area contributed by atoms with E-state index in [0.29, 0.717) is 16.6 Å². The molecule has 3 aromatic rings. The van der Waals surface area contributed by atoms with Crippen LogP contribution in [0.1, 0.15) is 26.8 Å². The van der Waals surface area contributed by atoms with Gasteiger partial charge in [-0.2, -0.15) is 0 Å². The molecule has 1 fully saturated rings. The number of rotatable bonds is 8. The molecular weight excluding hydrogens is 654 g/mol. The summed E-state index contributed by atoms with van der Waals surface area (Å²) in [7, 11) is 0. The molecule has 2 aromatic carbocycles. The first-order valence-corrected chi connectivity index (χ1v) is 13.8. The Bertz CT molecular complexity index is 1490. The molecule has 224 valence electrons. The lowest BCUT2D eigenvalue weighted by molar-refractivity contribution is -0.212. The van der Waals surface area contributed by atoms with Gasteiger partial charge in [-0.15, -0.1) is 5.10 Å². The van der Waals surface area contributed by atoms with Gasteiger partial charge in [0.05, 0.1) is 6.20 Å². The standard InChI is InChI=1S/C26H22BrF4N3O7S/c1-11(35)38-10-20-24(39-12(2)36)23(34-9-19(32-33-34)14-6-17(29)22(31)18(30)7-14)25(40-13(3)37)26(41-20)42-21-8-15(27)4-5-16(21)28/h4-9,20,23-26H,10H2,1-3H3/t20-,23+,24+,25-,26-/m1/s1. The Balaban J connectivity index is 1.83. The van der Waals surface area contributed by atoms with Crippen LogP contribution in [-0.4, -0.2) is 63.3 Å². The van der Waals surface area contributed by atoms with E-state index in [0.717, 1.165) is 37.2 Å². The van der Waals surface area contributed by atoms with E-state index in [1.165, 1.54) is 24.4 Å². The van der Waals surface area contributed by atoms with Gasteiger partial charge in [0.15, 0.2) is 29.7 Å². The van der Waals surface area contributed by atoms with E-state index < -0.39 is 77.6 Å². The first kappa shape index (κ1) is 31.4. The lowest BCUT2D eigenvalue weighted by Gasteiger charge is -2.44. The number of hydrogen-bond acceptors (Lipinski definition) is 10. The van der Waals surface area contributed by atoms with Gasteiger partial charge < -0.3 is 18.9 Å². The second kappa shape index (κ2) is 13.2. The van der Waals surface area contributed by atoms with Gasteiger partial charge in [0, 0.05) is 35.7 Å². The number of carbonyl (C=O) groups excluding carboxylic acids is 3. The molecule has 1 saturated heterocycles. The Morgan fingerprint density at radius 2 is 1.60 bits per heavy atom. The maximum atomic E-state index is 14.8. The highest BCUT2D eigenvalue weighted by Crippen LogP contribution is 2.42. The Morgan fingerprint density at radius 3 is 2.21 bits per heavy atom. The fourth-order valence-electron chi connectivity index (χ4n) is 4.23. The van der Waals surface area contributed by atoms with E-state index >= 15 is 0 Å². The number of benzene rings is 2. The Hall–Kier alpha value is -3.50. The SMILES string of the molecule is CC(=O)OC[C@H]1O[C@H](Sc2cc(Br)ccc2F)[C@H](OC(C)=O)[C@@H](n2cc(-c3cc(F)c(F)c(F)c3)nn2)[C@H]1OC(C)=O. The lowest BCUT2D eigenvalue weighted by atomic mass is 9.96. The van der Waals surface area contributed by atoms with Crippen molar-refractivity contribution in [1.29, 1.82) is 0 Å². The Labute approximate surface area is 248 Å². The van der Waals surface area contributed by atoms with E-state index in [1.54, 1.807) is 0 Å². The zero-order valence-electron chi connectivity index (χ0n) is 22.1. The van der Waals surface area contributed by atoms with Gasteiger partial charge in [-0.1, -0.05) is 32.9 Å². The Morgan fingerprint density at radius 1 is 0.952 bits per heavy atom. The highest BCUT2D eigenvalue weighted by molar-refractivity contribution is 9.10. The molecule has 4 rings (SSSR count). The normalized spacial score (nSPS) is 22.0. The van der Waals surface area contributed by atoms with Crippen LogP contribution in [0.15, 0.2) is 45.9 Å². The number of aromatic nitrogens is 3. The fourth-order valence-corrected chi connectivity index (χ4v) is 5.92. The number of ether oxygens (including phenoxy) is 4. The average Bonchev–Trinajstić information content (AvgIpc) is 3.39. The molecule has 0 saturated carbocycles. The smallest absolute Gasteiger partial charge is 0.303 e. The summed E-state index contributed by atoms with van der Waals surface area (Å²) in [5.41, 5.74) is -1.47. The van der Waals surface area contributed by atoms with Crippen molar-refractivity contribution < 1.29 is 50.9 Å². The zero-order chi connectivity index (χ0) is 30.7. The second-order valence-electron chi connectivity index (χ2n) is 9.01. The molecule has 0 bridgehead atoms. The van der Waals surface area contributed by atoms with Gasteiger partial charge >= 0.3 is 17.9 Å². The summed E-state index contributed by atoms with van der Waals surface area (Å²) < 4.78 is 80.2. The van der Waals surface area contributed by atoms with Crippen molar-refractivity contribution in [3.05, 3.63) is 64.3 Å². The molecule has 0 N–H and O–H groups in total. The molecule has 0 aliphatic carbocycles. The molecule has 1 aliphatic heterocycles. The van der Waals surface area contributed by atoms with Crippen molar-refractivity contribution in [2.75, 3.05) is 6.61 Å². The van der Waals surface area contributed by atoms with Crippen molar-refractivity contribution in [2.45, 2.75) is 55.5 Å². The number of hydrogen-bond donors (Lipinski definition) is 0. The predicted molar refractivity (Wildman–Crippen MR) is 141 cm³/mol. The molecule has 42 heavy (non-hydrogen) atoms. The van der Waals surface area contributed by atoms with Crippen LogP contribution in [0.2, 0.25) is 0 Å². The minimum absolute atomic E-state index is 0.0963. The predicted octanol–water partition coefficient (Wildman–Crippen LogP) is 4.75. The molecule has 1 aliphatic rings. The largest absolute Gasteiger partial charge is 0.463 e. The first-order valence-electron chi connectivity index (χ1n) is 12.2. The summed E-state index contributed by atoms with van der Waals surface area (Å²) in [5.74, 6) is -7.46. The van der Waals surface area contributed by atoms with Crippen molar-refractivity contribution >= 4 is 45.6 Å². The maximum absolute atomic E-state index is 14.8. The van der Waals surface area contributed by atoms with Crippen LogP contribution in [0.25, 0.3) is 11.3 Å². The molecule has 1 aromatic heterocycles. The zero-order valence-corrected chi connectivity index (χ0v) is 24.5. The molecule has 16 heteroatoms. The van der Waals surface area contributed by atoms with Crippen molar-refractivity contribution in [3.63, 3.8) is 0 Å². The summed E-state index contributed by atoms with van der Waals surface area (Å²) in [6.45, 7) is 2.94.